The number of hydrogen-bond donors (Lipinski definition) is 3. The minimum absolute atomic E-state index is 0.127. The highest BCUT2D eigenvalue weighted by molar-refractivity contribution is 6.32. The van der Waals surface area contributed by atoms with Gasteiger partial charge in [-0.1, -0.05) is 17.7 Å². The Bertz CT molecular complexity index is 824. The second-order valence-corrected chi connectivity index (χ2v) is 5.67. The third-order valence-electron chi connectivity index (χ3n) is 3.54. The van der Waals surface area contributed by atoms with E-state index in [9.17, 15) is 5.11 Å². The Balaban J connectivity index is 1.79. The number of aromatic nitrogens is 5. The van der Waals surface area contributed by atoms with Crippen LogP contribution in [0.5, 0.6) is 0 Å². The zero-order valence-corrected chi connectivity index (χ0v) is 14.4. The Kier molecular flexibility index (Phi) is 5.42. The monoisotopic (exact) mass is 359 g/mol. The Morgan fingerprint density at radius 1 is 1.32 bits per heavy atom. The molecule has 3 aromatic heterocycles. The third-order valence-corrected chi connectivity index (χ3v) is 3.81. The summed E-state index contributed by atoms with van der Waals surface area (Å²) in [5, 5.41) is 20.4. The maximum Gasteiger partial charge on any atom is 0.229 e. The summed E-state index contributed by atoms with van der Waals surface area (Å²) in [7, 11) is 0. The van der Waals surface area contributed by atoms with Crippen LogP contribution < -0.4 is 10.6 Å². The molecule has 0 amide bonds. The predicted octanol–water partition coefficient (Wildman–Crippen LogP) is 2.63. The molecule has 1 unspecified atom stereocenters. The Hall–Kier alpha value is -2.71. The molecule has 0 saturated carbocycles. The van der Waals surface area contributed by atoms with Gasteiger partial charge in [0.05, 0.1) is 30.7 Å². The van der Waals surface area contributed by atoms with Crippen LogP contribution in [0.4, 0.5) is 17.5 Å². The molecule has 0 spiro atoms. The van der Waals surface area contributed by atoms with Crippen LogP contribution >= 0.6 is 11.6 Å². The first-order valence-electron chi connectivity index (χ1n) is 7.79. The van der Waals surface area contributed by atoms with E-state index >= 15 is 0 Å². The number of pyridine rings is 1. The van der Waals surface area contributed by atoms with Crippen molar-refractivity contribution >= 4 is 29.1 Å². The lowest BCUT2D eigenvalue weighted by atomic mass is 10.1. The highest BCUT2D eigenvalue weighted by atomic mass is 35.5. The molecule has 3 heterocycles. The summed E-state index contributed by atoms with van der Waals surface area (Å²) in [5.41, 5.74) is 1.61. The number of rotatable bonds is 7. The average Bonchev–Trinajstić information content (AvgIpc) is 3.10. The molecule has 0 aliphatic heterocycles. The van der Waals surface area contributed by atoms with Crippen LogP contribution in [0.1, 0.15) is 18.5 Å². The van der Waals surface area contributed by atoms with E-state index in [1.807, 2.05) is 19.2 Å². The van der Waals surface area contributed by atoms with Gasteiger partial charge in [0.25, 0.3) is 0 Å². The molecule has 8 nitrogen and oxygen atoms in total. The van der Waals surface area contributed by atoms with Crippen molar-refractivity contribution in [2.75, 3.05) is 17.2 Å². The topological polar surface area (TPSA) is 101 Å². The molecule has 0 aliphatic carbocycles. The fourth-order valence-electron chi connectivity index (χ4n) is 2.24. The molecule has 0 aromatic carbocycles. The third kappa shape index (κ3) is 4.23. The summed E-state index contributed by atoms with van der Waals surface area (Å²) in [4.78, 5) is 12.6. The number of nitrogens with zero attached hydrogens (tertiary/aromatic N) is 5. The standard InChI is InChI=1S/C16H18ClN7O/c1-2-24-9-12(7-20-24)21-16-19-8-13(17)15(23-16)22-14(10-25)11-4-3-5-18-6-11/h3-9,14,25H,2,10H2,1H3,(H2,19,21,22,23). The minimum Gasteiger partial charge on any atom is -0.394 e. The van der Waals surface area contributed by atoms with Gasteiger partial charge in [-0.3, -0.25) is 9.67 Å². The van der Waals surface area contributed by atoms with Crippen molar-refractivity contribution in [2.45, 2.75) is 19.5 Å². The smallest absolute Gasteiger partial charge is 0.229 e. The fourth-order valence-corrected chi connectivity index (χ4v) is 2.39. The van der Waals surface area contributed by atoms with Gasteiger partial charge in [0.1, 0.15) is 5.02 Å². The molecule has 0 fully saturated rings. The number of aryl methyl sites for hydroxylation is 1. The summed E-state index contributed by atoms with van der Waals surface area (Å²) in [6, 6.07) is 3.30. The summed E-state index contributed by atoms with van der Waals surface area (Å²) in [6.07, 6.45) is 8.41. The molecule has 3 rings (SSSR count). The first-order valence-corrected chi connectivity index (χ1v) is 8.16. The molecule has 130 valence electrons. The van der Waals surface area contributed by atoms with Gasteiger partial charge in [0.15, 0.2) is 5.82 Å². The second kappa shape index (κ2) is 7.91. The molecule has 9 heteroatoms. The van der Waals surface area contributed by atoms with Crippen LogP contribution in [0, 0.1) is 0 Å². The van der Waals surface area contributed by atoms with Gasteiger partial charge in [0, 0.05) is 25.1 Å². The summed E-state index contributed by atoms with van der Waals surface area (Å²) in [5.74, 6) is 0.801. The van der Waals surface area contributed by atoms with E-state index in [2.05, 4.69) is 30.7 Å². The van der Waals surface area contributed by atoms with E-state index in [0.717, 1.165) is 17.8 Å². The fraction of sp³-hybridized carbons (Fsp3) is 0.250. The van der Waals surface area contributed by atoms with Gasteiger partial charge < -0.3 is 15.7 Å². The molecule has 0 bridgehead atoms. The molecule has 0 radical (unpaired) electrons. The molecule has 25 heavy (non-hydrogen) atoms. The molecular weight excluding hydrogens is 342 g/mol. The lowest BCUT2D eigenvalue weighted by Gasteiger charge is -2.18. The lowest BCUT2D eigenvalue weighted by molar-refractivity contribution is 0.276. The molecule has 3 aromatic rings. The molecule has 1 atom stereocenters. The summed E-state index contributed by atoms with van der Waals surface area (Å²) in [6.45, 7) is 2.66. The highest BCUT2D eigenvalue weighted by Gasteiger charge is 2.14. The number of aliphatic hydroxyl groups excluding tert-OH is 1. The van der Waals surface area contributed by atoms with E-state index in [1.165, 1.54) is 6.20 Å². The summed E-state index contributed by atoms with van der Waals surface area (Å²) < 4.78 is 1.79. The van der Waals surface area contributed by atoms with Crippen LogP contribution in [0.2, 0.25) is 5.02 Å². The average molecular weight is 360 g/mol. The van der Waals surface area contributed by atoms with Crippen molar-refractivity contribution < 1.29 is 5.11 Å². The quantitative estimate of drug-likeness (QED) is 0.596. The van der Waals surface area contributed by atoms with Crippen LogP contribution in [-0.4, -0.2) is 36.4 Å². The number of aliphatic hydroxyl groups is 1. The minimum atomic E-state index is -0.378. The molecular formula is C16H18ClN7O. The largest absolute Gasteiger partial charge is 0.394 e. The van der Waals surface area contributed by atoms with E-state index in [4.69, 9.17) is 11.6 Å². The highest BCUT2D eigenvalue weighted by Crippen LogP contribution is 2.25. The van der Waals surface area contributed by atoms with Crippen molar-refractivity contribution in [1.82, 2.24) is 24.7 Å². The summed E-state index contributed by atoms with van der Waals surface area (Å²) >= 11 is 6.19. The van der Waals surface area contributed by atoms with Crippen molar-refractivity contribution in [3.05, 3.63) is 53.7 Å². The van der Waals surface area contributed by atoms with Crippen LogP contribution in [0.3, 0.4) is 0 Å². The number of nitrogens with one attached hydrogen (secondary N) is 2. The zero-order valence-electron chi connectivity index (χ0n) is 13.6. The first-order chi connectivity index (χ1) is 12.2. The van der Waals surface area contributed by atoms with Crippen LogP contribution in [0.15, 0.2) is 43.1 Å². The molecule has 0 aliphatic rings. The van der Waals surface area contributed by atoms with Gasteiger partial charge in [-0.25, -0.2) is 4.98 Å². The SMILES string of the molecule is CCn1cc(Nc2ncc(Cl)c(NC(CO)c3cccnc3)n2)cn1. The van der Waals surface area contributed by atoms with Crippen molar-refractivity contribution in [3.8, 4) is 0 Å². The normalized spacial score (nSPS) is 12.0. The van der Waals surface area contributed by atoms with Crippen LogP contribution in [0.25, 0.3) is 0 Å². The lowest BCUT2D eigenvalue weighted by Crippen LogP contribution is -2.16. The second-order valence-electron chi connectivity index (χ2n) is 5.27. The van der Waals surface area contributed by atoms with Crippen LogP contribution in [-0.2, 0) is 6.54 Å². The van der Waals surface area contributed by atoms with Gasteiger partial charge in [-0.05, 0) is 18.6 Å². The van der Waals surface area contributed by atoms with Gasteiger partial charge in [-0.2, -0.15) is 10.1 Å². The Labute approximate surface area is 149 Å². The Morgan fingerprint density at radius 2 is 2.20 bits per heavy atom. The zero-order chi connectivity index (χ0) is 17.6. The van der Waals surface area contributed by atoms with Gasteiger partial charge >= 0.3 is 0 Å². The number of halogens is 1. The maximum atomic E-state index is 9.66. The first kappa shape index (κ1) is 17.1. The van der Waals surface area contributed by atoms with Gasteiger partial charge in [-0.15, -0.1) is 0 Å². The van der Waals surface area contributed by atoms with Crippen molar-refractivity contribution in [2.24, 2.45) is 0 Å². The van der Waals surface area contributed by atoms with Crippen molar-refractivity contribution in [3.63, 3.8) is 0 Å². The predicted molar refractivity (Wildman–Crippen MR) is 95.9 cm³/mol. The van der Waals surface area contributed by atoms with E-state index in [1.54, 1.807) is 29.3 Å². The number of hydrogen-bond acceptors (Lipinski definition) is 7. The van der Waals surface area contributed by atoms with E-state index in [0.29, 0.717) is 16.8 Å². The maximum absolute atomic E-state index is 9.66. The van der Waals surface area contributed by atoms with E-state index in [-0.39, 0.29) is 12.6 Å². The molecule has 3 N–H and O–H groups in total. The van der Waals surface area contributed by atoms with Gasteiger partial charge in [0.2, 0.25) is 5.95 Å². The molecule has 0 saturated heterocycles. The Morgan fingerprint density at radius 3 is 2.88 bits per heavy atom. The van der Waals surface area contributed by atoms with Crippen molar-refractivity contribution in [1.29, 1.82) is 0 Å². The number of anilines is 3. The van der Waals surface area contributed by atoms with E-state index < -0.39 is 0 Å².